The maximum Gasteiger partial charge on any atom is 0.242 e. The molecule has 1 atom stereocenters. The number of sulfonamides is 1. The van der Waals surface area contributed by atoms with Crippen LogP contribution in [0.3, 0.4) is 0 Å². The Morgan fingerprint density at radius 3 is 2.17 bits per heavy atom. The van der Waals surface area contributed by atoms with Gasteiger partial charge >= 0.3 is 0 Å². The largest absolute Gasteiger partial charge is 0.497 e. The Balaban J connectivity index is 2.03. The number of hydrogen-bond acceptors (Lipinski definition) is 4. The van der Waals surface area contributed by atoms with Crippen LogP contribution in [-0.4, -0.2) is 27.5 Å². The average Bonchev–Trinajstić information content (AvgIpc) is 2.55. The minimum absolute atomic E-state index is 0.122. The summed E-state index contributed by atoms with van der Waals surface area (Å²) in [6.07, 6.45) is 0. The monoisotopic (exact) mass is 348 g/mol. The van der Waals surface area contributed by atoms with E-state index in [2.05, 4.69) is 10.0 Å². The molecule has 0 aliphatic rings. The number of carbonyl (C=O) groups excluding carboxylic acids is 1. The van der Waals surface area contributed by atoms with Crippen LogP contribution in [0.4, 0.5) is 5.69 Å². The molecule has 7 heteroatoms. The van der Waals surface area contributed by atoms with Gasteiger partial charge in [-0.3, -0.25) is 4.79 Å². The summed E-state index contributed by atoms with van der Waals surface area (Å²) < 4.78 is 32.0. The van der Waals surface area contributed by atoms with Gasteiger partial charge in [-0.25, -0.2) is 8.42 Å². The second-order valence-electron chi connectivity index (χ2n) is 5.37. The van der Waals surface area contributed by atoms with E-state index in [4.69, 9.17) is 4.74 Å². The Morgan fingerprint density at radius 2 is 1.62 bits per heavy atom. The highest BCUT2D eigenvalue weighted by atomic mass is 32.2. The molecular formula is C17H20N2O4S. The van der Waals surface area contributed by atoms with Gasteiger partial charge in [0.25, 0.3) is 0 Å². The molecule has 0 spiro atoms. The van der Waals surface area contributed by atoms with Gasteiger partial charge in [-0.15, -0.1) is 0 Å². The zero-order chi connectivity index (χ0) is 17.7. The summed E-state index contributed by atoms with van der Waals surface area (Å²) >= 11 is 0. The fourth-order valence-electron chi connectivity index (χ4n) is 2.00. The Hall–Kier alpha value is -2.38. The van der Waals surface area contributed by atoms with E-state index in [1.54, 1.807) is 43.5 Å². The van der Waals surface area contributed by atoms with Gasteiger partial charge in [0.1, 0.15) is 5.75 Å². The van der Waals surface area contributed by atoms with Crippen molar-refractivity contribution in [2.45, 2.75) is 24.8 Å². The van der Waals surface area contributed by atoms with Gasteiger partial charge in [-0.1, -0.05) is 17.7 Å². The molecule has 2 aromatic carbocycles. The van der Waals surface area contributed by atoms with Gasteiger partial charge in [0.05, 0.1) is 18.0 Å². The van der Waals surface area contributed by atoms with E-state index in [1.807, 2.05) is 6.92 Å². The Labute approximate surface area is 141 Å². The number of carbonyl (C=O) groups is 1. The Kier molecular flexibility index (Phi) is 5.58. The molecule has 0 heterocycles. The third kappa shape index (κ3) is 4.56. The summed E-state index contributed by atoms with van der Waals surface area (Å²) in [7, 11) is -2.20. The third-order valence-corrected chi connectivity index (χ3v) is 4.97. The smallest absolute Gasteiger partial charge is 0.242 e. The molecule has 1 unspecified atom stereocenters. The molecule has 0 aliphatic carbocycles. The van der Waals surface area contributed by atoms with Crippen molar-refractivity contribution in [3.05, 3.63) is 54.1 Å². The molecular weight excluding hydrogens is 328 g/mol. The van der Waals surface area contributed by atoms with Crippen molar-refractivity contribution in [3.63, 3.8) is 0 Å². The zero-order valence-electron chi connectivity index (χ0n) is 13.7. The van der Waals surface area contributed by atoms with E-state index in [0.29, 0.717) is 11.4 Å². The number of hydrogen-bond donors (Lipinski definition) is 2. The van der Waals surface area contributed by atoms with Crippen LogP contribution in [0.1, 0.15) is 12.5 Å². The van der Waals surface area contributed by atoms with E-state index >= 15 is 0 Å². The highest BCUT2D eigenvalue weighted by molar-refractivity contribution is 7.89. The number of rotatable bonds is 6. The Bertz CT molecular complexity index is 799. The van der Waals surface area contributed by atoms with E-state index < -0.39 is 22.0 Å². The topological polar surface area (TPSA) is 84.5 Å². The minimum atomic E-state index is -3.76. The number of benzene rings is 2. The summed E-state index contributed by atoms with van der Waals surface area (Å²) in [5, 5.41) is 2.65. The highest BCUT2D eigenvalue weighted by Crippen LogP contribution is 2.15. The fraction of sp³-hybridized carbons (Fsp3) is 0.235. The normalized spacial score (nSPS) is 12.5. The van der Waals surface area contributed by atoms with Gasteiger partial charge in [0.15, 0.2) is 0 Å². The van der Waals surface area contributed by atoms with Crippen LogP contribution in [0.2, 0.25) is 0 Å². The standard InChI is InChI=1S/C17H20N2O4S/c1-12-4-10-16(11-5-12)24(21,22)19-13(2)17(20)18-14-6-8-15(23-3)9-7-14/h4-11,13,19H,1-3H3,(H,18,20). The third-order valence-electron chi connectivity index (χ3n) is 3.41. The summed E-state index contributed by atoms with van der Waals surface area (Å²) in [5.74, 6) is 0.219. The maximum absolute atomic E-state index is 12.3. The maximum atomic E-state index is 12.3. The lowest BCUT2D eigenvalue weighted by atomic mass is 10.2. The van der Waals surface area contributed by atoms with Gasteiger partial charge in [0.2, 0.25) is 15.9 Å². The molecule has 0 aliphatic heterocycles. The molecule has 2 N–H and O–H groups in total. The predicted octanol–water partition coefficient (Wildman–Crippen LogP) is 2.31. The number of nitrogens with one attached hydrogen (secondary N) is 2. The number of anilines is 1. The van der Waals surface area contributed by atoms with Gasteiger partial charge in [-0.05, 0) is 50.2 Å². The predicted molar refractivity (Wildman–Crippen MR) is 92.6 cm³/mol. The Morgan fingerprint density at radius 1 is 1.04 bits per heavy atom. The van der Waals surface area contributed by atoms with E-state index in [9.17, 15) is 13.2 Å². The van der Waals surface area contributed by atoms with Gasteiger partial charge in [-0.2, -0.15) is 4.72 Å². The molecule has 128 valence electrons. The van der Waals surface area contributed by atoms with Crippen LogP contribution in [0.25, 0.3) is 0 Å². The van der Waals surface area contributed by atoms with Crippen LogP contribution in [0.5, 0.6) is 5.75 Å². The van der Waals surface area contributed by atoms with E-state index in [1.165, 1.54) is 19.1 Å². The van der Waals surface area contributed by atoms with Crippen LogP contribution in [0.15, 0.2) is 53.4 Å². The SMILES string of the molecule is COc1ccc(NC(=O)C(C)NS(=O)(=O)c2ccc(C)cc2)cc1. The lowest BCUT2D eigenvalue weighted by Crippen LogP contribution is -2.41. The van der Waals surface area contributed by atoms with Gasteiger partial charge < -0.3 is 10.1 Å². The van der Waals surface area contributed by atoms with E-state index in [0.717, 1.165) is 5.56 Å². The molecule has 24 heavy (non-hydrogen) atoms. The molecule has 0 saturated carbocycles. The number of methoxy groups -OCH3 is 1. The van der Waals surface area contributed by atoms with Crippen molar-refractivity contribution in [1.82, 2.24) is 4.72 Å². The minimum Gasteiger partial charge on any atom is -0.497 e. The van der Waals surface area contributed by atoms with E-state index in [-0.39, 0.29) is 4.90 Å². The first-order chi connectivity index (χ1) is 11.3. The highest BCUT2D eigenvalue weighted by Gasteiger charge is 2.22. The van der Waals surface area contributed by atoms with Crippen molar-refractivity contribution in [3.8, 4) is 5.75 Å². The van der Waals surface area contributed by atoms with Gasteiger partial charge in [0, 0.05) is 5.69 Å². The molecule has 0 bridgehead atoms. The van der Waals surface area contributed by atoms with Crippen LogP contribution < -0.4 is 14.8 Å². The fourth-order valence-corrected chi connectivity index (χ4v) is 3.20. The van der Waals surface area contributed by atoms with Crippen molar-refractivity contribution in [2.75, 3.05) is 12.4 Å². The quantitative estimate of drug-likeness (QED) is 0.839. The first kappa shape index (κ1) is 18.0. The molecule has 0 radical (unpaired) electrons. The summed E-state index contributed by atoms with van der Waals surface area (Å²) in [5.41, 5.74) is 1.52. The van der Waals surface area contributed by atoms with Crippen molar-refractivity contribution < 1.29 is 17.9 Å². The second-order valence-corrected chi connectivity index (χ2v) is 7.09. The first-order valence-electron chi connectivity index (χ1n) is 7.36. The summed E-state index contributed by atoms with van der Waals surface area (Å²) in [6, 6.07) is 12.3. The van der Waals surface area contributed by atoms with Crippen molar-refractivity contribution >= 4 is 21.6 Å². The number of amides is 1. The number of aryl methyl sites for hydroxylation is 1. The molecule has 6 nitrogen and oxygen atoms in total. The van der Waals surface area contributed by atoms with Crippen molar-refractivity contribution in [2.24, 2.45) is 0 Å². The number of ether oxygens (including phenoxy) is 1. The first-order valence-corrected chi connectivity index (χ1v) is 8.84. The summed E-state index contributed by atoms with van der Waals surface area (Å²) in [6.45, 7) is 3.36. The molecule has 1 amide bonds. The van der Waals surface area contributed by atoms with Crippen LogP contribution in [0, 0.1) is 6.92 Å². The molecule has 2 rings (SSSR count). The molecule has 2 aromatic rings. The molecule has 0 saturated heterocycles. The lowest BCUT2D eigenvalue weighted by Gasteiger charge is -2.15. The average molecular weight is 348 g/mol. The lowest BCUT2D eigenvalue weighted by molar-refractivity contribution is -0.117. The summed E-state index contributed by atoms with van der Waals surface area (Å²) in [4.78, 5) is 12.3. The molecule has 0 aromatic heterocycles. The van der Waals surface area contributed by atoms with Crippen molar-refractivity contribution in [1.29, 1.82) is 0 Å². The second kappa shape index (κ2) is 7.46. The molecule has 0 fully saturated rings. The zero-order valence-corrected chi connectivity index (χ0v) is 14.6. The van der Waals surface area contributed by atoms with Crippen LogP contribution in [-0.2, 0) is 14.8 Å². The van der Waals surface area contributed by atoms with Crippen LogP contribution >= 0.6 is 0 Å².